The summed E-state index contributed by atoms with van der Waals surface area (Å²) < 4.78 is 0. The normalized spacial score (nSPS) is 14.7. The van der Waals surface area contributed by atoms with Crippen molar-refractivity contribution in [2.75, 3.05) is 0 Å². The largest absolute Gasteiger partial charge is 0.369 e. The summed E-state index contributed by atoms with van der Waals surface area (Å²) in [5.41, 5.74) is 5.98. The van der Waals surface area contributed by atoms with Crippen LogP contribution in [0, 0.1) is 21.4 Å². The molecule has 2 atom stereocenters. The lowest BCUT2D eigenvalue weighted by Crippen LogP contribution is -2.33. The first-order chi connectivity index (χ1) is 8.64. The Labute approximate surface area is 113 Å². The molecule has 0 heterocycles. The number of carbonyl (C=O) groups is 1. The summed E-state index contributed by atoms with van der Waals surface area (Å²) in [5, 5.41) is 10.8. The van der Waals surface area contributed by atoms with E-state index < -0.39 is 10.8 Å². The number of primary amides is 1. The molecule has 2 N–H and O–H groups in total. The van der Waals surface area contributed by atoms with E-state index in [1.807, 2.05) is 26.8 Å². The van der Waals surface area contributed by atoms with E-state index in [1.165, 1.54) is 12.1 Å². The van der Waals surface area contributed by atoms with Gasteiger partial charge < -0.3 is 5.73 Å². The summed E-state index contributed by atoms with van der Waals surface area (Å²) in [6.07, 6.45) is 0. The van der Waals surface area contributed by atoms with Crippen molar-refractivity contribution in [1.82, 2.24) is 0 Å². The number of nitrogens with two attached hydrogens (primary N) is 1. The molecule has 0 fully saturated rings. The van der Waals surface area contributed by atoms with Gasteiger partial charge in [0.25, 0.3) is 5.69 Å². The zero-order valence-electron chi connectivity index (χ0n) is 11.7. The van der Waals surface area contributed by atoms with Gasteiger partial charge in [-0.1, -0.05) is 39.8 Å². The Kier molecular flexibility index (Phi) is 4.29. The minimum atomic E-state index is -0.432. The van der Waals surface area contributed by atoms with Gasteiger partial charge >= 0.3 is 0 Å². The molecule has 0 saturated carbocycles. The highest BCUT2D eigenvalue weighted by Gasteiger charge is 2.34. The number of hydrogen-bond acceptors (Lipinski definition) is 3. The summed E-state index contributed by atoms with van der Waals surface area (Å²) >= 11 is 0. The minimum Gasteiger partial charge on any atom is -0.369 e. The molecule has 1 aromatic rings. The number of rotatable bonds is 4. The SMILES string of the molecule is CC(C(N)=O)C(c1cccc([N+](=O)[O-])c1)C(C)(C)C. The van der Waals surface area contributed by atoms with Gasteiger partial charge in [-0.15, -0.1) is 0 Å². The van der Waals surface area contributed by atoms with E-state index in [1.54, 1.807) is 13.0 Å². The van der Waals surface area contributed by atoms with Crippen LogP contribution in [0.25, 0.3) is 0 Å². The van der Waals surface area contributed by atoms with Crippen molar-refractivity contribution < 1.29 is 9.72 Å². The zero-order chi connectivity index (χ0) is 14.8. The van der Waals surface area contributed by atoms with Crippen molar-refractivity contribution in [3.63, 3.8) is 0 Å². The lowest BCUT2D eigenvalue weighted by atomic mass is 9.70. The lowest BCUT2D eigenvalue weighted by Gasteiger charge is -2.34. The van der Waals surface area contributed by atoms with Crippen LogP contribution in [0.4, 0.5) is 5.69 Å². The highest BCUT2D eigenvalue weighted by Crippen LogP contribution is 2.41. The molecule has 5 heteroatoms. The van der Waals surface area contributed by atoms with Crippen LogP contribution < -0.4 is 5.73 Å². The van der Waals surface area contributed by atoms with Gasteiger partial charge in [0.15, 0.2) is 0 Å². The highest BCUT2D eigenvalue weighted by molar-refractivity contribution is 5.77. The number of carbonyl (C=O) groups excluding carboxylic acids is 1. The third-order valence-electron chi connectivity index (χ3n) is 3.32. The maximum atomic E-state index is 11.5. The topological polar surface area (TPSA) is 86.2 Å². The summed E-state index contributed by atoms with van der Waals surface area (Å²) in [7, 11) is 0. The Balaban J connectivity index is 3.29. The highest BCUT2D eigenvalue weighted by atomic mass is 16.6. The fourth-order valence-corrected chi connectivity index (χ4v) is 2.53. The fourth-order valence-electron chi connectivity index (χ4n) is 2.53. The van der Waals surface area contributed by atoms with E-state index in [0.717, 1.165) is 5.56 Å². The molecule has 19 heavy (non-hydrogen) atoms. The smallest absolute Gasteiger partial charge is 0.269 e. The number of nitro groups is 1. The van der Waals surface area contributed by atoms with E-state index in [0.29, 0.717) is 0 Å². The standard InChI is InChI=1S/C14H20N2O3/c1-9(13(15)17)12(14(2,3)4)10-6-5-7-11(8-10)16(18)19/h5-9,12H,1-4H3,(H2,15,17). The molecule has 0 aliphatic rings. The first-order valence-electron chi connectivity index (χ1n) is 6.18. The fraction of sp³-hybridized carbons (Fsp3) is 0.500. The van der Waals surface area contributed by atoms with Crippen LogP contribution in [0.5, 0.6) is 0 Å². The van der Waals surface area contributed by atoms with Crippen LogP contribution >= 0.6 is 0 Å². The summed E-state index contributed by atoms with van der Waals surface area (Å²) in [4.78, 5) is 21.9. The molecule has 0 spiro atoms. The monoisotopic (exact) mass is 264 g/mol. The lowest BCUT2D eigenvalue weighted by molar-refractivity contribution is -0.384. The average molecular weight is 264 g/mol. The predicted molar refractivity (Wildman–Crippen MR) is 73.7 cm³/mol. The molecule has 1 aromatic carbocycles. The predicted octanol–water partition coefficient (Wildman–Crippen LogP) is 2.85. The van der Waals surface area contributed by atoms with E-state index in [4.69, 9.17) is 5.73 Å². The number of non-ortho nitro benzene ring substituents is 1. The van der Waals surface area contributed by atoms with Gasteiger partial charge in [-0.25, -0.2) is 0 Å². The quantitative estimate of drug-likeness (QED) is 0.670. The van der Waals surface area contributed by atoms with E-state index in [2.05, 4.69) is 0 Å². The molecule has 1 amide bonds. The van der Waals surface area contributed by atoms with Gasteiger partial charge in [-0.2, -0.15) is 0 Å². The van der Waals surface area contributed by atoms with E-state index in [9.17, 15) is 14.9 Å². The van der Waals surface area contributed by atoms with Crippen molar-refractivity contribution in [1.29, 1.82) is 0 Å². The van der Waals surface area contributed by atoms with Crippen molar-refractivity contribution in [2.45, 2.75) is 33.6 Å². The Morgan fingerprint density at radius 2 is 1.95 bits per heavy atom. The first-order valence-corrected chi connectivity index (χ1v) is 6.18. The number of hydrogen-bond donors (Lipinski definition) is 1. The molecule has 5 nitrogen and oxygen atoms in total. The Hall–Kier alpha value is -1.91. The Bertz CT molecular complexity index is 492. The van der Waals surface area contributed by atoms with Crippen LogP contribution in [0.3, 0.4) is 0 Å². The minimum absolute atomic E-state index is 0.0309. The van der Waals surface area contributed by atoms with Crippen LogP contribution in [0.15, 0.2) is 24.3 Å². The van der Waals surface area contributed by atoms with Crippen LogP contribution in [0.1, 0.15) is 39.2 Å². The van der Waals surface area contributed by atoms with Crippen LogP contribution in [0.2, 0.25) is 0 Å². The molecule has 0 aromatic heterocycles. The molecule has 1 rings (SSSR count). The molecule has 0 bridgehead atoms. The van der Waals surface area contributed by atoms with Gasteiger partial charge in [-0.3, -0.25) is 14.9 Å². The second-order valence-electron chi connectivity index (χ2n) is 5.89. The first kappa shape index (κ1) is 15.1. The molecule has 0 saturated heterocycles. The number of nitro benzene ring substituents is 1. The molecule has 104 valence electrons. The van der Waals surface area contributed by atoms with E-state index >= 15 is 0 Å². The van der Waals surface area contributed by atoms with Gasteiger partial charge in [-0.05, 0) is 11.0 Å². The average Bonchev–Trinajstić information content (AvgIpc) is 2.27. The maximum absolute atomic E-state index is 11.5. The number of amides is 1. The summed E-state index contributed by atoms with van der Waals surface area (Å²) in [6, 6.07) is 6.41. The number of nitrogens with zero attached hydrogens (tertiary/aromatic N) is 1. The molecule has 0 aliphatic heterocycles. The molecule has 0 aliphatic carbocycles. The number of benzene rings is 1. The van der Waals surface area contributed by atoms with Crippen molar-refractivity contribution in [3.8, 4) is 0 Å². The van der Waals surface area contributed by atoms with Gasteiger partial charge in [0.1, 0.15) is 0 Å². The van der Waals surface area contributed by atoms with Crippen molar-refractivity contribution >= 4 is 11.6 Å². The third-order valence-corrected chi connectivity index (χ3v) is 3.32. The third kappa shape index (κ3) is 3.53. The summed E-state index contributed by atoms with van der Waals surface area (Å²) in [6.45, 7) is 7.75. The van der Waals surface area contributed by atoms with Crippen LogP contribution in [-0.2, 0) is 4.79 Å². The maximum Gasteiger partial charge on any atom is 0.269 e. The molecule has 2 unspecified atom stereocenters. The van der Waals surface area contributed by atoms with E-state index in [-0.39, 0.29) is 22.9 Å². The Morgan fingerprint density at radius 3 is 2.37 bits per heavy atom. The van der Waals surface area contributed by atoms with Gasteiger partial charge in [0.05, 0.1) is 4.92 Å². The molecular formula is C14H20N2O3. The zero-order valence-corrected chi connectivity index (χ0v) is 11.7. The molecule has 0 radical (unpaired) electrons. The Morgan fingerprint density at radius 1 is 1.37 bits per heavy atom. The van der Waals surface area contributed by atoms with Gasteiger partial charge in [0, 0.05) is 24.0 Å². The summed E-state index contributed by atoms with van der Waals surface area (Å²) in [5.74, 6) is -0.946. The van der Waals surface area contributed by atoms with Gasteiger partial charge in [0.2, 0.25) is 5.91 Å². The van der Waals surface area contributed by atoms with Crippen molar-refractivity contribution in [3.05, 3.63) is 39.9 Å². The molecular weight excluding hydrogens is 244 g/mol. The second kappa shape index (κ2) is 5.38. The van der Waals surface area contributed by atoms with Crippen molar-refractivity contribution in [2.24, 2.45) is 17.1 Å². The van der Waals surface area contributed by atoms with Crippen LogP contribution in [-0.4, -0.2) is 10.8 Å². The second-order valence-corrected chi connectivity index (χ2v) is 5.89.